The number of hydrogen-bond donors (Lipinski definition) is 1. The maximum Gasteiger partial charge on any atom is 0.262 e. The molecule has 3 nitrogen and oxygen atoms in total. The van der Waals surface area contributed by atoms with E-state index in [4.69, 9.17) is 4.74 Å². The second-order valence-corrected chi connectivity index (χ2v) is 6.58. The Morgan fingerprint density at radius 3 is 2.35 bits per heavy atom. The molecule has 0 aromatic heterocycles. The number of anilines is 1. The number of rotatable bonds is 4. The Kier molecular flexibility index (Phi) is 5.04. The van der Waals surface area contributed by atoms with E-state index in [9.17, 15) is 9.18 Å². The Bertz CT molecular complexity index is 688. The van der Waals surface area contributed by atoms with E-state index in [1.54, 1.807) is 19.1 Å². The summed E-state index contributed by atoms with van der Waals surface area (Å²) in [5.41, 5.74) is 2.23. The van der Waals surface area contributed by atoms with Gasteiger partial charge in [0.2, 0.25) is 0 Å². The molecule has 23 heavy (non-hydrogen) atoms. The molecule has 1 amide bonds. The van der Waals surface area contributed by atoms with Crippen molar-refractivity contribution in [3.8, 4) is 5.75 Å². The van der Waals surface area contributed by atoms with Gasteiger partial charge in [0.15, 0.2) is 6.61 Å². The van der Waals surface area contributed by atoms with Crippen LogP contribution in [0, 0.1) is 12.7 Å². The topological polar surface area (TPSA) is 38.3 Å². The molecule has 0 fully saturated rings. The van der Waals surface area contributed by atoms with Gasteiger partial charge in [-0.1, -0.05) is 39.0 Å². The first kappa shape index (κ1) is 17.0. The van der Waals surface area contributed by atoms with Gasteiger partial charge in [0.25, 0.3) is 5.91 Å². The van der Waals surface area contributed by atoms with Crippen LogP contribution in [0.3, 0.4) is 0 Å². The second kappa shape index (κ2) is 6.82. The number of amides is 1. The van der Waals surface area contributed by atoms with Crippen LogP contribution in [0.1, 0.15) is 31.9 Å². The van der Waals surface area contributed by atoms with Crippen molar-refractivity contribution in [1.29, 1.82) is 0 Å². The van der Waals surface area contributed by atoms with Crippen molar-refractivity contribution < 1.29 is 13.9 Å². The van der Waals surface area contributed by atoms with Crippen molar-refractivity contribution in [2.24, 2.45) is 0 Å². The zero-order chi connectivity index (χ0) is 17.0. The summed E-state index contributed by atoms with van der Waals surface area (Å²) in [6.45, 7) is 7.96. The third-order valence-electron chi connectivity index (χ3n) is 3.55. The number of aryl methyl sites for hydroxylation is 1. The standard InChI is InChI=1S/C19H22FNO2/c1-13-5-8-15(11-17(13)20)21-18(22)12-23-16-9-6-14(7-10-16)19(2,3)4/h5-11H,12H2,1-4H3,(H,21,22). The molecule has 0 aliphatic rings. The van der Waals surface area contributed by atoms with Crippen molar-refractivity contribution in [2.45, 2.75) is 33.1 Å². The quantitative estimate of drug-likeness (QED) is 0.905. The number of carbonyl (C=O) groups is 1. The van der Waals surface area contributed by atoms with Crippen LogP contribution in [-0.2, 0) is 10.2 Å². The normalized spacial score (nSPS) is 11.2. The molecule has 0 heterocycles. The van der Waals surface area contributed by atoms with Crippen LogP contribution in [0.4, 0.5) is 10.1 Å². The van der Waals surface area contributed by atoms with Gasteiger partial charge in [-0.3, -0.25) is 4.79 Å². The van der Waals surface area contributed by atoms with Crippen LogP contribution >= 0.6 is 0 Å². The predicted octanol–water partition coefficient (Wildman–Crippen LogP) is 4.45. The average molecular weight is 315 g/mol. The zero-order valence-corrected chi connectivity index (χ0v) is 13.9. The van der Waals surface area contributed by atoms with Crippen LogP contribution in [0.2, 0.25) is 0 Å². The lowest BCUT2D eigenvalue weighted by Gasteiger charge is -2.19. The van der Waals surface area contributed by atoms with E-state index in [0.717, 1.165) is 0 Å². The number of halogens is 1. The van der Waals surface area contributed by atoms with E-state index in [1.165, 1.54) is 11.6 Å². The fourth-order valence-corrected chi connectivity index (χ4v) is 2.07. The summed E-state index contributed by atoms with van der Waals surface area (Å²) >= 11 is 0. The predicted molar refractivity (Wildman–Crippen MR) is 90.4 cm³/mol. The molecular formula is C19H22FNO2. The highest BCUT2D eigenvalue weighted by molar-refractivity contribution is 5.91. The lowest BCUT2D eigenvalue weighted by Crippen LogP contribution is -2.20. The van der Waals surface area contributed by atoms with Crippen LogP contribution in [0.25, 0.3) is 0 Å². The number of benzene rings is 2. The van der Waals surface area contributed by atoms with Crippen LogP contribution < -0.4 is 10.1 Å². The van der Waals surface area contributed by atoms with E-state index in [-0.39, 0.29) is 23.7 Å². The summed E-state index contributed by atoms with van der Waals surface area (Å²) in [6, 6.07) is 12.3. The van der Waals surface area contributed by atoms with Crippen LogP contribution in [-0.4, -0.2) is 12.5 Å². The van der Waals surface area contributed by atoms with E-state index in [2.05, 4.69) is 26.1 Å². The minimum atomic E-state index is -0.346. The number of hydrogen-bond acceptors (Lipinski definition) is 2. The smallest absolute Gasteiger partial charge is 0.262 e. The fraction of sp³-hybridized carbons (Fsp3) is 0.316. The highest BCUT2D eigenvalue weighted by Gasteiger charge is 2.13. The first-order chi connectivity index (χ1) is 10.8. The number of carbonyl (C=O) groups excluding carboxylic acids is 1. The molecule has 0 saturated carbocycles. The van der Waals surface area contributed by atoms with Crippen molar-refractivity contribution in [1.82, 2.24) is 0 Å². The van der Waals surface area contributed by atoms with Gasteiger partial charge in [-0.15, -0.1) is 0 Å². The van der Waals surface area contributed by atoms with Crippen LogP contribution in [0.15, 0.2) is 42.5 Å². The molecule has 0 saturated heterocycles. The molecule has 0 atom stereocenters. The summed E-state index contributed by atoms with van der Waals surface area (Å²) in [4.78, 5) is 11.8. The molecule has 4 heteroatoms. The maximum absolute atomic E-state index is 13.4. The van der Waals surface area contributed by atoms with E-state index >= 15 is 0 Å². The Morgan fingerprint density at radius 1 is 1.13 bits per heavy atom. The Balaban J connectivity index is 1.90. The van der Waals surface area contributed by atoms with E-state index in [1.807, 2.05) is 24.3 Å². The maximum atomic E-state index is 13.4. The van der Waals surface area contributed by atoms with Gasteiger partial charge in [0.1, 0.15) is 11.6 Å². The molecule has 0 bridgehead atoms. The van der Waals surface area contributed by atoms with Gasteiger partial charge < -0.3 is 10.1 Å². The van der Waals surface area contributed by atoms with Gasteiger partial charge in [0, 0.05) is 5.69 Å². The zero-order valence-electron chi connectivity index (χ0n) is 13.9. The second-order valence-electron chi connectivity index (χ2n) is 6.58. The van der Waals surface area contributed by atoms with Gasteiger partial charge in [-0.2, -0.15) is 0 Å². The van der Waals surface area contributed by atoms with Gasteiger partial charge in [0.05, 0.1) is 0 Å². The van der Waals surface area contributed by atoms with Crippen molar-refractivity contribution in [3.05, 3.63) is 59.4 Å². The lowest BCUT2D eigenvalue weighted by molar-refractivity contribution is -0.118. The third kappa shape index (κ3) is 4.81. The summed E-state index contributed by atoms with van der Waals surface area (Å²) < 4.78 is 18.9. The Hall–Kier alpha value is -2.36. The highest BCUT2D eigenvalue weighted by Crippen LogP contribution is 2.24. The summed E-state index contributed by atoms with van der Waals surface area (Å²) in [7, 11) is 0. The van der Waals surface area contributed by atoms with E-state index < -0.39 is 0 Å². The molecule has 0 unspecified atom stereocenters. The molecule has 0 aliphatic carbocycles. The summed E-state index contributed by atoms with van der Waals surface area (Å²) in [6.07, 6.45) is 0. The van der Waals surface area contributed by atoms with Gasteiger partial charge in [-0.25, -0.2) is 4.39 Å². The molecule has 2 aromatic carbocycles. The molecule has 0 spiro atoms. The number of nitrogens with one attached hydrogen (secondary N) is 1. The van der Waals surface area contributed by atoms with Crippen LogP contribution in [0.5, 0.6) is 5.75 Å². The van der Waals surface area contributed by atoms with Crippen molar-refractivity contribution in [3.63, 3.8) is 0 Å². The first-order valence-corrected chi connectivity index (χ1v) is 7.55. The van der Waals surface area contributed by atoms with Crippen molar-refractivity contribution >= 4 is 11.6 Å². The molecule has 2 aromatic rings. The molecule has 1 N–H and O–H groups in total. The summed E-state index contributed by atoms with van der Waals surface area (Å²) in [5, 5.41) is 2.61. The largest absolute Gasteiger partial charge is 0.484 e. The number of ether oxygens (including phenoxy) is 1. The fourth-order valence-electron chi connectivity index (χ4n) is 2.07. The lowest BCUT2D eigenvalue weighted by atomic mass is 9.87. The molecule has 122 valence electrons. The summed E-state index contributed by atoms with van der Waals surface area (Å²) in [5.74, 6) is -0.0436. The monoisotopic (exact) mass is 315 g/mol. The third-order valence-corrected chi connectivity index (χ3v) is 3.55. The molecule has 2 rings (SSSR count). The highest BCUT2D eigenvalue weighted by atomic mass is 19.1. The minimum Gasteiger partial charge on any atom is -0.484 e. The first-order valence-electron chi connectivity index (χ1n) is 7.55. The average Bonchev–Trinajstić information content (AvgIpc) is 2.48. The van der Waals surface area contributed by atoms with Crippen molar-refractivity contribution in [2.75, 3.05) is 11.9 Å². The van der Waals surface area contributed by atoms with E-state index in [0.29, 0.717) is 17.0 Å². The molecular weight excluding hydrogens is 293 g/mol. The Morgan fingerprint density at radius 2 is 1.78 bits per heavy atom. The van der Waals surface area contributed by atoms with Gasteiger partial charge in [-0.05, 0) is 47.7 Å². The minimum absolute atomic E-state index is 0.0748. The molecule has 0 aliphatic heterocycles. The Labute approximate surface area is 136 Å². The SMILES string of the molecule is Cc1ccc(NC(=O)COc2ccc(C(C)(C)C)cc2)cc1F. The van der Waals surface area contributed by atoms with Gasteiger partial charge >= 0.3 is 0 Å². The molecule has 0 radical (unpaired) electrons.